The SMILES string of the molecule is COc1cccc2c1C(=O)c1c(O)c3c(c(O)c1C2=O)C[C@@](O)(C(=O)CO)C[C@@H]3CCC1CC(N)C(O)C(C)O1. The molecule has 1 saturated heterocycles. The topological polar surface area (TPSA) is 197 Å². The zero-order chi connectivity index (χ0) is 29.1. The normalized spacial score (nSPS) is 29.4. The molecule has 0 aromatic heterocycles. The standard InChI is InChI=1S/C29H33NO10/c1-12-24(33)17(30)8-14(40-12)7-6-13-9-29(38,19(32)11-31)10-16-20(13)27(36)23-22(26(16)35)25(34)15-4-3-5-18(39-2)21(15)28(23)37/h3-5,12-14,17,24,31,33,35-36,38H,6-11,30H2,1-2H3/t12?,13-,14?,17?,24?,29+/m0/s1. The fourth-order valence-corrected chi connectivity index (χ4v) is 6.52. The zero-order valence-corrected chi connectivity index (χ0v) is 22.2. The number of fused-ring (bicyclic) bond motifs is 3. The van der Waals surface area contributed by atoms with Crippen LogP contribution in [0.25, 0.3) is 0 Å². The summed E-state index contributed by atoms with van der Waals surface area (Å²) in [5, 5.41) is 54.0. The molecule has 11 nitrogen and oxygen atoms in total. The van der Waals surface area contributed by atoms with Gasteiger partial charge in [-0.15, -0.1) is 0 Å². The summed E-state index contributed by atoms with van der Waals surface area (Å²) in [5.74, 6) is -4.01. The van der Waals surface area contributed by atoms with Gasteiger partial charge in [0.1, 0.15) is 29.5 Å². The molecule has 0 amide bonds. The van der Waals surface area contributed by atoms with E-state index in [1.807, 2.05) is 0 Å². The highest BCUT2D eigenvalue weighted by Gasteiger charge is 2.48. The van der Waals surface area contributed by atoms with Crippen LogP contribution in [-0.4, -0.2) is 86.6 Å². The van der Waals surface area contributed by atoms with Crippen molar-refractivity contribution in [3.05, 3.63) is 51.6 Å². The molecule has 2 aromatic rings. The van der Waals surface area contributed by atoms with Crippen molar-refractivity contribution in [2.24, 2.45) is 5.73 Å². The molecular weight excluding hydrogens is 522 g/mol. The molecule has 2 aromatic carbocycles. The first kappa shape index (κ1) is 28.2. The summed E-state index contributed by atoms with van der Waals surface area (Å²) < 4.78 is 11.2. The highest BCUT2D eigenvalue weighted by molar-refractivity contribution is 6.31. The van der Waals surface area contributed by atoms with E-state index in [0.29, 0.717) is 12.8 Å². The number of benzene rings is 2. The largest absolute Gasteiger partial charge is 0.507 e. The van der Waals surface area contributed by atoms with E-state index in [2.05, 4.69) is 0 Å². The summed E-state index contributed by atoms with van der Waals surface area (Å²) in [6.45, 7) is 0.757. The molecule has 0 spiro atoms. The van der Waals surface area contributed by atoms with Crippen molar-refractivity contribution in [2.75, 3.05) is 13.7 Å². The van der Waals surface area contributed by atoms with Crippen molar-refractivity contribution >= 4 is 17.3 Å². The number of carbonyl (C=O) groups is 3. The van der Waals surface area contributed by atoms with Crippen molar-refractivity contribution in [1.82, 2.24) is 0 Å². The van der Waals surface area contributed by atoms with Crippen LogP contribution < -0.4 is 10.5 Å². The monoisotopic (exact) mass is 555 g/mol. The average molecular weight is 556 g/mol. The van der Waals surface area contributed by atoms with Crippen LogP contribution in [0.15, 0.2) is 18.2 Å². The van der Waals surface area contributed by atoms with Crippen LogP contribution in [0.2, 0.25) is 0 Å². The number of aliphatic hydroxyl groups excluding tert-OH is 2. The number of aromatic hydroxyl groups is 2. The molecule has 3 aliphatic rings. The molecule has 0 bridgehead atoms. The second-order valence-corrected chi connectivity index (χ2v) is 11.0. The second-order valence-electron chi connectivity index (χ2n) is 11.0. The Morgan fingerprint density at radius 3 is 2.48 bits per heavy atom. The fraction of sp³-hybridized carbons (Fsp3) is 0.483. The van der Waals surface area contributed by atoms with E-state index in [1.54, 1.807) is 6.92 Å². The Morgan fingerprint density at radius 2 is 1.82 bits per heavy atom. The van der Waals surface area contributed by atoms with E-state index in [4.69, 9.17) is 15.2 Å². The molecule has 2 aliphatic carbocycles. The molecule has 6 atom stereocenters. The molecule has 1 heterocycles. The second kappa shape index (κ2) is 10.2. The Balaban J connectivity index is 1.62. The van der Waals surface area contributed by atoms with Gasteiger partial charge in [-0.05, 0) is 44.6 Å². The first-order chi connectivity index (χ1) is 18.9. The minimum absolute atomic E-state index is 0.0114. The van der Waals surface area contributed by atoms with Gasteiger partial charge < -0.3 is 40.7 Å². The van der Waals surface area contributed by atoms with E-state index in [-0.39, 0.29) is 52.5 Å². The van der Waals surface area contributed by atoms with E-state index in [1.165, 1.54) is 25.3 Å². The molecule has 11 heteroatoms. The van der Waals surface area contributed by atoms with Crippen molar-refractivity contribution < 1.29 is 49.4 Å². The maximum Gasteiger partial charge on any atom is 0.202 e. The average Bonchev–Trinajstić information content (AvgIpc) is 2.93. The Labute approximate surface area is 230 Å². The van der Waals surface area contributed by atoms with E-state index in [9.17, 15) is 39.9 Å². The predicted molar refractivity (Wildman–Crippen MR) is 140 cm³/mol. The van der Waals surface area contributed by atoms with Gasteiger partial charge in [0.05, 0.1) is 42.1 Å². The van der Waals surface area contributed by atoms with Crippen molar-refractivity contribution in [3.8, 4) is 17.2 Å². The van der Waals surface area contributed by atoms with Crippen LogP contribution in [0.4, 0.5) is 0 Å². The molecule has 40 heavy (non-hydrogen) atoms. The van der Waals surface area contributed by atoms with Gasteiger partial charge in [0.2, 0.25) is 5.78 Å². The lowest BCUT2D eigenvalue weighted by Gasteiger charge is -2.40. The van der Waals surface area contributed by atoms with Crippen LogP contribution in [-0.2, 0) is 16.0 Å². The number of aliphatic hydroxyl groups is 3. The molecule has 0 saturated carbocycles. The van der Waals surface area contributed by atoms with Gasteiger partial charge in [-0.2, -0.15) is 0 Å². The van der Waals surface area contributed by atoms with Crippen LogP contribution in [0.1, 0.15) is 81.5 Å². The van der Waals surface area contributed by atoms with Gasteiger partial charge in [-0.3, -0.25) is 14.4 Å². The van der Waals surface area contributed by atoms with Crippen LogP contribution in [0, 0.1) is 0 Å². The lowest BCUT2D eigenvalue weighted by Crippen LogP contribution is -2.51. The third kappa shape index (κ3) is 4.29. The van der Waals surface area contributed by atoms with Crippen molar-refractivity contribution in [3.63, 3.8) is 0 Å². The Kier molecular flexibility index (Phi) is 7.22. The van der Waals surface area contributed by atoms with E-state index < -0.39 is 77.2 Å². The van der Waals surface area contributed by atoms with Gasteiger partial charge in [0.25, 0.3) is 0 Å². The molecule has 4 unspecified atom stereocenters. The van der Waals surface area contributed by atoms with Crippen LogP contribution in [0.5, 0.6) is 17.2 Å². The van der Waals surface area contributed by atoms with Crippen molar-refractivity contribution in [2.45, 2.75) is 74.9 Å². The number of phenolic OH excluding ortho intramolecular Hbond substituents is 2. The first-order valence-corrected chi connectivity index (χ1v) is 13.3. The Bertz CT molecular complexity index is 1390. The van der Waals surface area contributed by atoms with Gasteiger partial charge in [0.15, 0.2) is 11.6 Å². The summed E-state index contributed by atoms with van der Waals surface area (Å²) in [5.41, 5.74) is 3.28. The Morgan fingerprint density at radius 1 is 1.12 bits per heavy atom. The molecule has 1 fully saturated rings. The third-order valence-electron chi connectivity index (χ3n) is 8.58. The van der Waals surface area contributed by atoms with Crippen LogP contribution in [0.3, 0.4) is 0 Å². The van der Waals surface area contributed by atoms with Crippen LogP contribution >= 0.6 is 0 Å². The number of ether oxygens (including phenoxy) is 2. The quantitative estimate of drug-likeness (QED) is 0.236. The zero-order valence-electron chi connectivity index (χ0n) is 22.2. The highest BCUT2D eigenvalue weighted by Crippen LogP contribution is 2.53. The van der Waals surface area contributed by atoms with Gasteiger partial charge in [-0.25, -0.2) is 0 Å². The number of rotatable bonds is 6. The fourth-order valence-electron chi connectivity index (χ4n) is 6.52. The third-order valence-corrected chi connectivity index (χ3v) is 8.58. The van der Waals surface area contributed by atoms with E-state index >= 15 is 0 Å². The van der Waals surface area contributed by atoms with E-state index in [0.717, 1.165) is 0 Å². The maximum atomic E-state index is 13.7. The van der Waals surface area contributed by atoms with Gasteiger partial charge in [-0.1, -0.05) is 12.1 Å². The van der Waals surface area contributed by atoms with Crippen molar-refractivity contribution in [1.29, 1.82) is 0 Å². The molecule has 5 rings (SSSR count). The van der Waals surface area contributed by atoms with Gasteiger partial charge >= 0.3 is 0 Å². The summed E-state index contributed by atoms with van der Waals surface area (Å²) in [6, 6.07) is 3.94. The minimum atomic E-state index is -2.08. The number of carbonyl (C=O) groups excluding carboxylic acids is 3. The Hall–Kier alpha value is -3.35. The number of hydrogen-bond donors (Lipinski definition) is 6. The number of ketones is 3. The number of Topliss-reactive ketones (excluding diaryl/α,β-unsaturated/α-hetero) is 1. The number of nitrogens with two attached hydrogens (primary N) is 1. The predicted octanol–water partition coefficient (Wildman–Crippen LogP) is 0.850. The smallest absolute Gasteiger partial charge is 0.202 e. The maximum absolute atomic E-state index is 13.7. The lowest BCUT2D eigenvalue weighted by atomic mass is 9.67. The number of phenols is 2. The molecule has 214 valence electrons. The summed E-state index contributed by atoms with van der Waals surface area (Å²) in [4.78, 5) is 39.9. The molecule has 0 radical (unpaired) electrons. The highest BCUT2D eigenvalue weighted by atomic mass is 16.5. The summed E-state index contributed by atoms with van der Waals surface area (Å²) in [7, 11) is 1.35. The lowest BCUT2D eigenvalue weighted by molar-refractivity contribution is -0.142. The number of methoxy groups -OCH3 is 1. The summed E-state index contributed by atoms with van der Waals surface area (Å²) in [6.07, 6.45) is -1.42. The van der Waals surface area contributed by atoms with Gasteiger partial charge in [0, 0.05) is 29.2 Å². The number of hydrogen-bond acceptors (Lipinski definition) is 11. The first-order valence-electron chi connectivity index (χ1n) is 13.3. The molecular formula is C29H33NO10. The molecule has 7 N–H and O–H groups in total. The summed E-state index contributed by atoms with van der Waals surface area (Å²) >= 11 is 0. The molecule has 1 aliphatic heterocycles. The minimum Gasteiger partial charge on any atom is -0.507 e.